The number of aromatic nitrogens is 2. The first-order valence-corrected chi connectivity index (χ1v) is 7.87. The van der Waals surface area contributed by atoms with Crippen LogP contribution in [0.2, 0.25) is 0 Å². The number of H-pyrrole nitrogens is 1. The second-order valence-corrected chi connectivity index (χ2v) is 6.00. The Kier molecular flexibility index (Phi) is 6.87. The molecule has 0 radical (unpaired) electrons. The maximum absolute atomic E-state index is 12.2. The van der Waals surface area contributed by atoms with Gasteiger partial charge in [0.25, 0.3) is 5.56 Å². The van der Waals surface area contributed by atoms with Gasteiger partial charge in [-0.15, -0.1) is 0 Å². The highest BCUT2D eigenvalue weighted by molar-refractivity contribution is 5.76. The molecule has 1 aromatic rings. The fourth-order valence-corrected chi connectivity index (χ4v) is 2.27. The number of nitrogens with one attached hydrogen (secondary N) is 1. The van der Waals surface area contributed by atoms with Gasteiger partial charge < -0.3 is 15.7 Å². The number of hydrogen-bond donors (Lipinski definition) is 3. The van der Waals surface area contributed by atoms with Crippen molar-refractivity contribution >= 4 is 17.5 Å². The quantitative estimate of drug-likeness (QED) is 0.618. The molecule has 8 heteroatoms. The molecule has 0 atom stereocenters. The minimum atomic E-state index is -1.06. The van der Waals surface area contributed by atoms with Gasteiger partial charge in [0.15, 0.2) is 0 Å². The Bertz CT molecular complexity index is 648. The summed E-state index contributed by atoms with van der Waals surface area (Å²) in [6.07, 6.45) is 2.31. The van der Waals surface area contributed by atoms with Crippen molar-refractivity contribution < 1.29 is 9.90 Å². The molecule has 0 aliphatic heterocycles. The Labute approximate surface area is 134 Å². The minimum Gasteiger partial charge on any atom is -0.480 e. The van der Waals surface area contributed by atoms with Gasteiger partial charge in [0.05, 0.1) is 0 Å². The summed E-state index contributed by atoms with van der Waals surface area (Å²) in [6.45, 7) is 6.42. The van der Waals surface area contributed by atoms with E-state index in [0.29, 0.717) is 25.4 Å². The van der Waals surface area contributed by atoms with Crippen LogP contribution in [-0.4, -0.2) is 33.7 Å². The number of carbonyl (C=O) groups is 1. The van der Waals surface area contributed by atoms with Gasteiger partial charge in [-0.2, -0.15) is 0 Å². The van der Waals surface area contributed by atoms with E-state index in [0.717, 1.165) is 12.8 Å². The van der Waals surface area contributed by atoms with Crippen LogP contribution in [0.4, 0.5) is 11.5 Å². The zero-order valence-corrected chi connectivity index (χ0v) is 14.0. The third kappa shape index (κ3) is 5.15. The second kappa shape index (κ2) is 8.40. The number of nitrogens with zero attached hydrogens (tertiary/aromatic N) is 2. The van der Waals surface area contributed by atoms with Gasteiger partial charge in [-0.1, -0.05) is 27.2 Å². The number of anilines is 2. The molecule has 4 N–H and O–H groups in total. The van der Waals surface area contributed by atoms with Gasteiger partial charge in [-0.05, 0) is 18.8 Å². The van der Waals surface area contributed by atoms with Gasteiger partial charge in [0.1, 0.15) is 18.1 Å². The number of nitrogens with two attached hydrogens (primary N) is 1. The van der Waals surface area contributed by atoms with Crippen LogP contribution >= 0.6 is 0 Å². The van der Waals surface area contributed by atoms with E-state index in [1.165, 1.54) is 9.47 Å². The van der Waals surface area contributed by atoms with Crippen molar-refractivity contribution in [2.24, 2.45) is 5.92 Å². The van der Waals surface area contributed by atoms with Crippen molar-refractivity contribution in [1.29, 1.82) is 0 Å². The normalized spacial score (nSPS) is 11.0. The number of carboxylic acids is 1. The van der Waals surface area contributed by atoms with Gasteiger partial charge in [-0.25, -0.2) is 4.79 Å². The molecular formula is C15H26N4O4. The molecule has 1 aromatic heterocycles. The molecule has 1 rings (SSSR count). The third-order valence-electron chi connectivity index (χ3n) is 3.57. The molecule has 8 nitrogen and oxygen atoms in total. The zero-order valence-electron chi connectivity index (χ0n) is 14.0. The summed E-state index contributed by atoms with van der Waals surface area (Å²) in [7, 11) is 0. The molecule has 23 heavy (non-hydrogen) atoms. The third-order valence-corrected chi connectivity index (χ3v) is 3.57. The molecule has 0 amide bonds. The Morgan fingerprint density at radius 3 is 2.57 bits per heavy atom. The van der Waals surface area contributed by atoms with Crippen LogP contribution in [0.3, 0.4) is 0 Å². The number of hydrogen-bond acceptors (Lipinski definition) is 5. The van der Waals surface area contributed by atoms with Crippen molar-refractivity contribution in [2.75, 3.05) is 23.7 Å². The summed E-state index contributed by atoms with van der Waals surface area (Å²) in [4.78, 5) is 38.9. The minimum absolute atomic E-state index is 0.0252. The summed E-state index contributed by atoms with van der Waals surface area (Å²) in [5.74, 6) is -0.686. The van der Waals surface area contributed by atoms with Crippen molar-refractivity contribution in [3.05, 3.63) is 20.8 Å². The van der Waals surface area contributed by atoms with Crippen LogP contribution in [-0.2, 0) is 11.3 Å². The lowest BCUT2D eigenvalue weighted by Crippen LogP contribution is -2.41. The standard InChI is InChI=1S/C15H26N4O4/c1-4-5-7-19-13(16)12(14(22)17-15(19)23)18(9-11(20)21)8-6-10(2)3/h10H,4-9,16H2,1-3H3,(H,20,21)(H,17,22,23). The van der Waals surface area contributed by atoms with Crippen LogP contribution in [0.15, 0.2) is 9.59 Å². The van der Waals surface area contributed by atoms with Crippen LogP contribution in [0.25, 0.3) is 0 Å². The highest BCUT2D eigenvalue weighted by Crippen LogP contribution is 2.18. The number of nitrogen functional groups attached to an aromatic ring is 1. The van der Waals surface area contributed by atoms with Gasteiger partial charge >= 0.3 is 11.7 Å². The summed E-state index contributed by atoms with van der Waals surface area (Å²) >= 11 is 0. The summed E-state index contributed by atoms with van der Waals surface area (Å²) in [5.41, 5.74) is 4.86. The Hall–Kier alpha value is -2.25. The number of aliphatic carboxylic acids is 1. The summed E-state index contributed by atoms with van der Waals surface area (Å²) < 4.78 is 1.30. The topological polar surface area (TPSA) is 121 Å². The first-order chi connectivity index (χ1) is 10.8. The van der Waals surface area contributed by atoms with E-state index in [1.54, 1.807) is 0 Å². The molecule has 0 bridgehead atoms. The van der Waals surface area contributed by atoms with Crippen molar-refractivity contribution in [2.45, 2.75) is 46.6 Å². The SMILES string of the molecule is CCCCn1c(N)c(N(CCC(C)C)CC(=O)O)c(=O)[nH]c1=O. The number of rotatable bonds is 9. The average molecular weight is 326 g/mol. The van der Waals surface area contributed by atoms with Gasteiger partial charge in [0.2, 0.25) is 0 Å². The van der Waals surface area contributed by atoms with Gasteiger partial charge in [-0.3, -0.25) is 19.1 Å². The van der Waals surface area contributed by atoms with Crippen LogP contribution < -0.4 is 21.9 Å². The van der Waals surface area contributed by atoms with Crippen molar-refractivity contribution in [1.82, 2.24) is 9.55 Å². The molecule has 0 unspecified atom stereocenters. The summed E-state index contributed by atoms with van der Waals surface area (Å²) in [5, 5.41) is 9.09. The predicted octanol–water partition coefficient (Wildman–Crippen LogP) is 0.856. The molecule has 1 heterocycles. The Morgan fingerprint density at radius 2 is 2.04 bits per heavy atom. The van der Waals surface area contributed by atoms with Crippen LogP contribution in [0.1, 0.15) is 40.0 Å². The molecule has 0 saturated heterocycles. The molecule has 0 spiro atoms. The molecule has 0 aromatic carbocycles. The molecular weight excluding hydrogens is 300 g/mol. The highest BCUT2D eigenvalue weighted by atomic mass is 16.4. The smallest absolute Gasteiger partial charge is 0.330 e. The van der Waals surface area contributed by atoms with E-state index >= 15 is 0 Å². The largest absolute Gasteiger partial charge is 0.480 e. The van der Waals surface area contributed by atoms with E-state index in [9.17, 15) is 14.4 Å². The first kappa shape index (κ1) is 18.8. The maximum atomic E-state index is 12.2. The van der Waals surface area contributed by atoms with E-state index in [-0.39, 0.29) is 18.1 Å². The lowest BCUT2D eigenvalue weighted by molar-refractivity contribution is -0.135. The molecule has 0 aliphatic rings. The fraction of sp³-hybridized carbons (Fsp3) is 0.667. The van der Waals surface area contributed by atoms with Crippen LogP contribution in [0.5, 0.6) is 0 Å². The second-order valence-electron chi connectivity index (χ2n) is 6.00. The van der Waals surface area contributed by atoms with Crippen molar-refractivity contribution in [3.8, 4) is 0 Å². The van der Waals surface area contributed by atoms with E-state index < -0.39 is 17.2 Å². The zero-order chi connectivity index (χ0) is 17.6. The molecule has 130 valence electrons. The molecule has 0 saturated carbocycles. The van der Waals surface area contributed by atoms with E-state index in [1.807, 2.05) is 20.8 Å². The average Bonchev–Trinajstić information content (AvgIpc) is 2.43. The lowest BCUT2D eigenvalue weighted by atomic mass is 10.1. The maximum Gasteiger partial charge on any atom is 0.330 e. The number of carboxylic acid groups (broad SMARTS) is 1. The first-order valence-electron chi connectivity index (χ1n) is 7.87. The van der Waals surface area contributed by atoms with Crippen molar-refractivity contribution in [3.63, 3.8) is 0 Å². The van der Waals surface area contributed by atoms with Gasteiger partial charge in [0, 0.05) is 13.1 Å². The predicted molar refractivity (Wildman–Crippen MR) is 89.9 cm³/mol. The number of aromatic amines is 1. The lowest BCUT2D eigenvalue weighted by Gasteiger charge is -2.25. The Balaban J connectivity index is 3.30. The summed E-state index contributed by atoms with van der Waals surface area (Å²) in [6, 6.07) is 0. The van der Waals surface area contributed by atoms with Crippen LogP contribution in [0, 0.1) is 5.92 Å². The monoisotopic (exact) mass is 326 g/mol. The van der Waals surface area contributed by atoms with E-state index in [2.05, 4.69) is 4.98 Å². The molecule has 0 aliphatic carbocycles. The number of unbranched alkanes of at least 4 members (excludes halogenated alkanes) is 1. The molecule has 0 fully saturated rings. The fourth-order valence-electron chi connectivity index (χ4n) is 2.27. The highest BCUT2D eigenvalue weighted by Gasteiger charge is 2.20. The Morgan fingerprint density at radius 1 is 1.39 bits per heavy atom. The van der Waals surface area contributed by atoms with E-state index in [4.69, 9.17) is 10.8 Å².